The summed E-state index contributed by atoms with van der Waals surface area (Å²) in [5, 5.41) is 0.608. The van der Waals surface area contributed by atoms with Crippen molar-refractivity contribution in [2.75, 3.05) is 14.2 Å². The summed E-state index contributed by atoms with van der Waals surface area (Å²) in [4.78, 5) is 11.4. The van der Waals surface area contributed by atoms with Gasteiger partial charge in [-0.3, -0.25) is 0 Å². The Labute approximate surface area is 168 Å². The van der Waals surface area contributed by atoms with Gasteiger partial charge in [-0.25, -0.2) is 0 Å². The van der Waals surface area contributed by atoms with Crippen LogP contribution in [0.1, 0.15) is 35.4 Å². The Morgan fingerprint density at radius 2 is 1.96 bits per heavy atom. The number of nitrogens with zero attached hydrogens (tertiary/aromatic N) is 1. The lowest BCUT2D eigenvalue weighted by Crippen LogP contribution is -2.12. The summed E-state index contributed by atoms with van der Waals surface area (Å²) in [5.74, 6) is 1.21. The molecule has 6 heteroatoms. The molecule has 1 aromatic heterocycles. The van der Waals surface area contributed by atoms with E-state index in [0.29, 0.717) is 16.5 Å². The number of rotatable bonds is 5. The summed E-state index contributed by atoms with van der Waals surface area (Å²) in [5.41, 5.74) is 3.57. The van der Waals surface area contributed by atoms with Crippen LogP contribution in [0.2, 0.25) is 5.02 Å². The Bertz CT molecular complexity index is 1010. The van der Waals surface area contributed by atoms with Gasteiger partial charge in [0.1, 0.15) is 18.5 Å². The number of fused-ring (bicyclic) bond motifs is 3. The summed E-state index contributed by atoms with van der Waals surface area (Å²) in [6.45, 7) is 0. The molecule has 0 fully saturated rings. The van der Waals surface area contributed by atoms with Crippen molar-refractivity contribution in [2.45, 2.75) is 18.6 Å². The zero-order valence-corrected chi connectivity index (χ0v) is 16.3. The molecule has 28 heavy (non-hydrogen) atoms. The monoisotopic (exact) mass is 397 g/mol. The predicted molar refractivity (Wildman–Crippen MR) is 107 cm³/mol. The summed E-state index contributed by atoms with van der Waals surface area (Å²) in [6.07, 6.45) is 2.21. The lowest BCUT2D eigenvalue weighted by molar-refractivity contribution is -0.111. The van der Waals surface area contributed by atoms with Crippen LogP contribution in [0.15, 0.2) is 54.7 Å². The lowest BCUT2D eigenvalue weighted by atomic mass is 9.98. The van der Waals surface area contributed by atoms with Crippen LogP contribution in [0.4, 0.5) is 0 Å². The fourth-order valence-electron chi connectivity index (χ4n) is 3.76. The van der Waals surface area contributed by atoms with E-state index in [1.54, 1.807) is 14.2 Å². The molecule has 0 spiro atoms. The third-order valence-electron chi connectivity index (χ3n) is 4.97. The average molecular weight is 398 g/mol. The van der Waals surface area contributed by atoms with Gasteiger partial charge in [0.2, 0.25) is 0 Å². The maximum absolute atomic E-state index is 11.4. The zero-order chi connectivity index (χ0) is 19.7. The molecule has 0 unspecified atom stereocenters. The minimum absolute atomic E-state index is 0.245. The second-order valence-electron chi connectivity index (χ2n) is 6.50. The van der Waals surface area contributed by atoms with E-state index >= 15 is 0 Å². The van der Waals surface area contributed by atoms with E-state index in [9.17, 15) is 4.79 Å². The van der Waals surface area contributed by atoms with Gasteiger partial charge >= 0.3 is 0 Å². The molecule has 0 radical (unpaired) electrons. The first-order valence-electron chi connectivity index (χ1n) is 8.95. The predicted octanol–water partition coefficient (Wildman–Crippen LogP) is 4.90. The minimum atomic E-state index is -0.483. The molecule has 0 saturated heterocycles. The molecule has 1 aliphatic heterocycles. The number of aldehydes is 1. The first-order chi connectivity index (χ1) is 13.7. The third kappa shape index (κ3) is 3.07. The number of benzene rings is 2. The molecule has 0 N–H and O–H groups in total. The highest BCUT2D eigenvalue weighted by Crippen LogP contribution is 2.46. The van der Waals surface area contributed by atoms with E-state index < -0.39 is 12.2 Å². The van der Waals surface area contributed by atoms with Gasteiger partial charge in [-0.1, -0.05) is 23.7 Å². The van der Waals surface area contributed by atoms with Gasteiger partial charge in [0.15, 0.2) is 11.5 Å². The summed E-state index contributed by atoms with van der Waals surface area (Å²) >= 11 is 6.34. The number of halogens is 1. The number of ether oxygens (including phenoxy) is 3. The maximum atomic E-state index is 11.4. The number of hydrogen-bond acceptors (Lipinski definition) is 4. The van der Waals surface area contributed by atoms with Crippen molar-refractivity contribution in [3.63, 3.8) is 0 Å². The van der Waals surface area contributed by atoms with Gasteiger partial charge in [-0.05, 0) is 36.4 Å². The van der Waals surface area contributed by atoms with Gasteiger partial charge in [0.05, 0.1) is 25.6 Å². The van der Waals surface area contributed by atoms with Crippen molar-refractivity contribution < 1.29 is 19.0 Å². The summed E-state index contributed by atoms with van der Waals surface area (Å²) in [6, 6.07) is 15.3. The largest absolute Gasteiger partial charge is 0.493 e. The Hall–Kier alpha value is -2.76. The molecule has 0 amide bonds. The normalized spacial score (nSPS) is 18.0. The van der Waals surface area contributed by atoms with Crippen molar-refractivity contribution in [2.24, 2.45) is 0 Å². The van der Waals surface area contributed by atoms with Gasteiger partial charge in [-0.15, -0.1) is 0 Å². The fraction of sp³-hybridized carbons (Fsp3) is 0.227. The smallest absolute Gasteiger partial charge is 0.166 e. The summed E-state index contributed by atoms with van der Waals surface area (Å²) < 4.78 is 19.7. The number of hydrogen-bond donors (Lipinski definition) is 0. The highest BCUT2D eigenvalue weighted by Gasteiger charge is 2.32. The quantitative estimate of drug-likeness (QED) is 0.575. The molecule has 2 heterocycles. The number of para-hydroxylation sites is 1. The number of carbonyl (C=O) groups excluding carboxylic acids is 1. The van der Waals surface area contributed by atoms with Gasteiger partial charge in [0, 0.05) is 28.8 Å². The molecule has 144 valence electrons. The molecule has 4 rings (SSSR count). The van der Waals surface area contributed by atoms with Crippen LogP contribution in [-0.2, 0) is 9.53 Å². The van der Waals surface area contributed by atoms with Crippen LogP contribution in [0.5, 0.6) is 11.5 Å². The van der Waals surface area contributed by atoms with Crippen molar-refractivity contribution in [1.82, 2.24) is 4.57 Å². The van der Waals surface area contributed by atoms with Crippen molar-refractivity contribution in [3.8, 4) is 17.2 Å². The Kier molecular flexibility index (Phi) is 5.11. The number of methoxy groups -OCH3 is 2. The van der Waals surface area contributed by atoms with Crippen LogP contribution < -0.4 is 9.47 Å². The zero-order valence-electron chi connectivity index (χ0n) is 15.6. The first kappa shape index (κ1) is 18.6. The third-order valence-corrected chi connectivity index (χ3v) is 5.20. The molecule has 5 nitrogen and oxygen atoms in total. The van der Waals surface area contributed by atoms with Crippen LogP contribution in [-0.4, -0.2) is 25.1 Å². The van der Waals surface area contributed by atoms with E-state index in [0.717, 1.165) is 28.8 Å². The second-order valence-corrected chi connectivity index (χ2v) is 6.93. The average Bonchev–Trinajstić information content (AvgIpc) is 3.15. The highest BCUT2D eigenvalue weighted by atomic mass is 35.5. The van der Waals surface area contributed by atoms with Gasteiger partial charge in [-0.2, -0.15) is 0 Å². The molecule has 0 aliphatic carbocycles. The van der Waals surface area contributed by atoms with Crippen molar-refractivity contribution in [3.05, 3.63) is 76.6 Å². The molecular formula is C22H20ClNO4. The molecule has 1 aliphatic rings. The standard InChI is InChI=1S/C22H20ClNO4/c1-26-20-7-3-5-15(22(20)27-2)21-16-13-14(23)8-9-17(16)24-11-4-6-18(24)19(28-21)10-12-25/h3-9,11-13,19,21H,10H2,1-2H3/t19-,21-/m1/s1. The fourth-order valence-corrected chi connectivity index (χ4v) is 3.94. The number of carbonyl (C=O) groups is 1. The molecule has 0 saturated carbocycles. The topological polar surface area (TPSA) is 49.7 Å². The van der Waals surface area contributed by atoms with Crippen molar-refractivity contribution >= 4 is 17.9 Å². The Morgan fingerprint density at radius 3 is 2.71 bits per heavy atom. The van der Waals surface area contributed by atoms with Crippen LogP contribution in [0, 0.1) is 0 Å². The van der Waals surface area contributed by atoms with E-state index in [1.165, 1.54) is 0 Å². The molecule has 2 atom stereocenters. The van der Waals surface area contributed by atoms with Crippen LogP contribution in [0.25, 0.3) is 5.69 Å². The first-order valence-corrected chi connectivity index (χ1v) is 9.32. The van der Waals surface area contributed by atoms with Crippen molar-refractivity contribution in [1.29, 1.82) is 0 Å². The second kappa shape index (κ2) is 7.70. The van der Waals surface area contributed by atoms with E-state index in [2.05, 4.69) is 0 Å². The van der Waals surface area contributed by atoms with E-state index in [4.69, 9.17) is 25.8 Å². The maximum Gasteiger partial charge on any atom is 0.166 e. The molecule has 2 aromatic carbocycles. The Morgan fingerprint density at radius 1 is 1.11 bits per heavy atom. The molecule has 0 bridgehead atoms. The minimum Gasteiger partial charge on any atom is -0.493 e. The van der Waals surface area contributed by atoms with E-state index in [-0.39, 0.29) is 6.42 Å². The Balaban J connectivity index is 1.97. The van der Waals surface area contributed by atoms with E-state index in [1.807, 2.05) is 59.3 Å². The lowest BCUT2D eigenvalue weighted by Gasteiger charge is -2.24. The highest BCUT2D eigenvalue weighted by molar-refractivity contribution is 6.30. The SMILES string of the molecule is COc1cccc([C@H]2O[C@H](CC=O)c3cccn3-c3ccc(Cl)cc32)c1OC. The van der Waals surface area contributed by atoms with Crippen LogP contribution >= 0.6 is 11.6 Å². The van der Waals surface area contributed by atoms with Gasteiger partial charge < -0.3 is 23.6 Å². The summed E-state index contributed by atoms with van der Waals surface area (Å²) in [7, 11) is 3.20. The molecular weight excluding hydrogens is 378 g/mol. The number of aromatic nitrogens is 1. The van der Waals surface area contributed by atoms with Gasteiger partial charge in [0.25, 0.3) is 0 Å². The molecule has 3 aromatic rings. The van der Waals surface area contributed by atoms with Crippen LogP contribution in [0.3, 0.4) is 0 Å².